The van der Waals surface area contributed by atoms with Crippen LogP contribution in [0.1, 0.15) is 37.6 Å². The fourth-order valence-corrected chi connectivity index (χ4v) is 1.97. The van der Waals surface area contributed by atoms with Gasteiger partial charge in [0.25, 0.3) is 5.91 Å². The molecule has 1 rings (SSSR count). The Labute approximate surface area is 121 Å². The molecule has 0 saturated carbocycles. The first-order valence-corrected chi connectivity index (χ1v) is 6.78. The van der Waals surface area contributed by atoms with Crippen molar-refractivity contribution in [1.29, 1.82) is 0 Å². The van der Waals surface area contributed by atoms with Gasteiger partial charge in [-0.2, -0.15) is 0 Å². The number of pyridine rings is 1. The van der Waals surface area contributed by atoms with E-state index < -0.39 is 0 Å². The van der Waals surface area contributed by atoms with Crippen LogP contribution in [0.3, 0.4) is 0 Å². The Balaban J connectivity index is 2.77. The summed E-state index contributed by atoms with van der Waals surface area (Å²) in [6, 6.07) is 3.17. The zero-order valence-electron chi connectivity index (χ0n) is 13.0. The molecule has 5 heteroatoms. The number of carbonyl (C=O) groups is 1. The van der Waals surface area contributed by atoms with E-state index in [0.29, 0.717) is 5.56 Å². The molecule has 1 heterocycles. The standard InChI is InChI=1S/C15H25N3O2/c1-15(2,3)9-12(10-19)17-14(20)11-6-7-16-13(8-11)18(4)5/h6-8,12,19H,9-10H2,1-5H3,(H,17,20). The molecule has 1 atom stereocenters. The van der Waals surface area contributed by atoms with Crippen molar-refractivity contribution in [3.8, 4) is 0 Å². The second-order valence-electron chi connectivity index (χ2n) is 6.41. The lowest BCUT2D eigenvalue weighted by Gasteiger charge is -2.25. The highest BCUT2D eigenvalue weighted by atomic mass is 16.3. The molecule has 1 amide bonds. The summed E-state index contributed by atoms with van der Waals surface area (Å²) in [5.41, 5.74) is 0.601. The quantitative estimate of drug-likeness (QED) is 0.860. The molecule has 0 aliphatic carbocycles. The van der Waals surface area contributed by atoms with Gasteiger partial charge >= 0.3 is 0 Å². The molecule has 0 bridgehead atoms. The average Bonchev–Trinajstić information content (AvgIpc) is 2.36. The van der Waals surface area contributed by atoms with Crippen molar-refractivity contribution in [3.05, 3.63) is 23.9 Å². The van der Waals surface area contributed by atoms with E-state index in [9.17, 15) is 9.90 Å². The molecule has 0 fully saturated rings. The topological polar surface area (TPSA) is 65.5 Å². The third-order valence-electron chi connectivity index (χ3n) is 2.88. The van der Waals surface area contributed by atoms with E-state index in [-0.39, 0.29) is 24.0 Å². The van der Waals surface area contributed by atoms with E-state index in [4.69, 9.17) is 0 Å². The Bertz CT molecular complexity index is 453. The van der Waals surface area contributed by atoms with Crippen molar-refractivity contribution in [2.75, 3.05) is 25.6 Å². The van der Waals surface area contributed by atoms with Crippen LogP contribution in [0.4, 0.5) is 5.82 Å². The van der Waals surface area contributed by atoms with Crippen molar-refractivity contribution in [1.82, 2.24) is 10.3 Å². The van der Waals surface area contributed by atoms with E-state index in [1.807, 2.05) is 19.0 Å². The summed E-state index contributed by atoms with van der Waals surface area (Å²) in [7, 11) is 3.75. The van der Waals surface area contributed by atoms with Gasteiger partial charge in [-0.1, -0.05) is 20.8 Å². The van der Waals surface area contributed by atoms with E-state index in [1.165, 1.54) is 0 Å². The highest BCUT2D eigenvalue weighted by Gasteiger charge is 2.20. The maximum Gasteiger partial charge on any atom is 0.251 e. The van der Waals surface area contributed by atoms with Crippen molar-refractivity contribution in [2.24, 2.45) is 5.41 Å². The van der Waals surface area contributed by atoms with Gasteiger partial charge in [-0.05, 0) is 24.0 Å². The number of rotatable bonds is 5. The second kappa shape index (κ2) is 6.70. The molecule has 5 nitrogen and oxygen atoms in total. The molecule has 112 valence electrons. The third-order valence-corrected chi connectivity index (χ3v) is 2.88. The fraction of sp³-hybridized carbons (Fsp3) is 0.600. The first-order chi connectivity index (χ1) is 9.23. The van der Waals surface area contributed by atoms with E-state index in [0.717, 1.165) is 12.2 Å². The number of aromatic nitrogens is 1. The van der Waals surface area contributed by atoms with Crippen molar-refractivity contribution in [2.45, 2.75) is 33.2 Å². The van der Waals surface area contributed by atoms with Gasteiger partial charge in [-0.3, -0.25) is 4.79 Å². The number of hydrogen-bond acceptors (Lipinski definition) is 4. The normalized spacial score (nSPS) is 12.9. The molecule has 0 aliphatic rings. The maximum absolute atomic E-state index is 12.2. The van der Waals surface area contributed by atoms with Gasteiger partial charge in [0, 0.05) is 25.9 Å². The van der Waals surface area contributed by atoms with Crippen LogP contribution in [0.15, 0.2) is 18.3 Å². The molecule has 1 aromatic rings. The van der Waals surface area contributed by atoms with E-state index in [2.05, 4.69) is 31.1 Å². The lowest BCUT2D eigenvalue weighted by atomic mass is 9.88. The lowest BCUT2D eigenvalue weighted by Crippen LogP contribution is -2.40. The number of amides is 1. The van der Waals surface area contributed by atoms with Gasteiger partial charge in [0.05, 0.1) is 12.6 Å². The molecule has 0 radical (unpaired) electrons. The Morgan fingerprint density at radius 1 is 1.45 bits per heavy atom. The Hall–Kier alpha value is -1.62. The number of carbonyl (C=O) groups excluding carboxylic acids is 1. The minimum Gasteiger partial charge on any atom is -0.394 e. The third kappa shape index (κ3) is 5.17. The molecule has 0 aliphatic heterocycles. The fourth-order valence-electron chi connectivity index (χ4n) is 1.97. The summed E-state index contributed by atoms with van der Waals surface area (Å²) in [5, 5.41) is 12.3. The predicted molar refractivity (Wildman–Crippen MR) is 81.0 cm³/mol. The summed E-state index contributed by atoms with van der Waals surface area (Å²) >= 11 is 0. The number of anilines is 1. The lowest BCUT2D eigenvalue weighted by molar-refractivity contribution is 0.0897. The van der Waals surface area contributed by atoms with E-state index >= 15 is 0 Å². The van der Waals surface area contributed by atoms with Crippen LogP contribution < -0.4 is 10.2 Å². The molecule has 1 unspecified atom stereocenters. The van der Waals surface area contributed by atoms with Gasteiger partial charge in [0.15, 0.2) is 0 Å². The van der Waals surface area contributed by atoms with Gasteiger partial charge in [0.2, 0.25) is 0 Å². The predicted octanol–water partition coefficient (Wildman–Crippen LogP) is 1.67. The molecule has 0 saturated heterocycles. The Morgan fingerprint density at radius 2 is 2.10 bits per heavy atom. The number of nitrogens with one attached hydrogen (secondary N) is 1. The SMILES string of the molecule is CN(C)c1cc(C(=O)NC(CO)CC(C)(C)C)ccn1. The van der Waals surface area contributed by atoms with Crippen LogP contribution in [0.25, 0.3) is 0 Å². The Morgan fingerprint density at radius 3 is 2.60 bits per heavy atom. The molecular weight excluding hydrogens is 254 g/mol. The number of nitrogens with zero attached hydrogens (tertiary/aromatic N) is 2. The monoisotopic (exact) mass is 279 g/mol. The first-order valence-electron chi connectivity index (χ1n) is 6.78. The van der Waals surface area contributed by atoms with Crippen molar-refractivity contribution >= 4 is 11.7 Å². The molecular formula is C15H25N3O2. The van der Waals surface area contributed by atoms with Gasteiger partial charge in [-0.25, -0.2) is 4.98 Å². The molecule has 0 spiro atoms. The van der Waals surface area contributed by atoms with E-state index in [1.54, 1.807) is 18.3 Å². The van der Waals surface area contributed by atoms with Crippen LogP contribution in [0, 0.1) is 5.41 Å². The minimum absolute atomic E-state index is 0.0493. The largest absolute Gasteiger partial charge is 0.394 e. The Kier molecular flexibility index (Phi) is 5.51. The zero-order chi connectivity index (χ0) is 15.3. The van der Waals surface area contributed by atoms with Crippen molar-refractivity contribution < 1.29 is 9.90 Å². The summed E-state index contributed by atoms with van der Waals surface area (Å²) in [4.78, 5) is 18.2. The first kappa shape index (κ1) is 16.4. The van der Waals surface area contributed by atoms with Crippen molar-refractivity contribution in [3.63, 3.8) is 0 Å². The molecule has 0 aromatic carbocycles. The van der Waals surface area contributed by atoms with Crippen LogP contribution in [0.5, 0.6) is 0 Å². The van der Waals surface area contributed by atoms with Crippen LogP contribution in [-0.4, -0.2) is 42.7 Å². The maximum atomic E-state index is 12.2. The molecule has 20 heavy (non-hydrogen) atoms. The summed E-state index contributed by atoms with van der Waals surface area (Å²) in [6.45, 7) is 6.18. The summed E-state index contributed by atoms with van der Waals surface area (Å²) in [5.74, 6) is 0.549. The van der Waals surface area contributed by atoms with Gasteiger partial charge in [-0.15, -0.1) is 0 Å². The van der Waals surface area contributed by atoms with Crippen LogP contribution in [0.2, 0.25) is 0 Å². The second-order valence-corrected chi connectivity index (χ2v) is 6.41. The highest BCUT2D eigenvalue weighted by Crippen LogP contribution is 2.21. The molecule has 2 N–H and O–H groups in total. The minimum atomic E-state index is -0.238. The molecule has 1 aromatic heterocycles. The highest BCUT2D eigenvalue weighted by molar-refractivity contribution is 5.95. The zero-order valence-corrected chi connectivity index (χ0v) is 13.0. The van der Waals surface area contributed by atoms with Gasteiger partial charge in [0.1, 0.15) is 5.82 Å². The van der Waals surface area contributed by atoms with Crippen LogP contribution in [-0.2, 0) is 0 Å². The van der Waals surface area contributed by atoms with Gasteiger partial charge < -0.3 is 15.3 Å². The van der Waals surface area contributed by atoms with Crippen LogP contribution >= 0.6 is 0 Å². The summed E-state index contributed by atoms with van der Waals surface area (Å²) < 4.78 is 0. The summed E-state index contributed by atoms with van der Waals surface area (Å²) in [6.07, 6.45) is 2.34. The number of aliphatic hydroxyl groups excluding tert-OH is 1. The number of aliphatic hydroxyl groups is 1. The number of hydrogen-bond donors (Lipinski definition) is 2. The smallest absolute Gasteiger partial charge is 0.251 e. The average molecular weight is 279 g/mol.